The zero-order valence-corrected chi connectivity index (χ0v) is 13.7. The van der Waals surface area contributed by atoms with Crippen molar-refractivity contribution in [2.75, 3.05) is 6.61 Å². The molecular formula is C16H17N3O3S. The van der Waals surface area contributed by atoms with Gasteiger partial charge in [-0.2, -0.15) is 0 Å². The fourth-order valence-electron chi connectivity index (χ4n) is 2.37. The molecule has 1 aliphatic rings. The fourth-order valence-corrected chi connectivity index (χ4v) is 3.16. The van der Waals surface area contributed by atoms with E-state index in [2.05, 4.69) is 15.3 Å². The van der Waals surface area contributed by atoms with Crippen molar-refractivity contribution < 1.29 is 14.3 Å². The second kappa shape index (κ2) is 6.08. The molecule has 3 rings (SSSR count). The van der Waals surface area contributed by atoms with Crippen LogP contribution < -0.4 is 5.32 Å². The SMILES string of the molecule is CC1(C)COC(=O)C1NC(=O)Cc1csc(-c2ccccn2)n1. The summed E-state index contributed by atoms with van der Waals surface area (Å²) in [6.07, 6.45) is 1.83. The number of carbonyl (C=O) groups is 2. The van der Waals surface area contributed by atoms with Crippen molar-refractivity contribution >= 4 is 23.2 Å². The summed E-state index contributed by atoms with van der Waals surface area (Å²) in [5, 5.41) is 5.36. The smallest absolute Gasteiger partial charge is 0.329 e. The van der Waals surface area contributed by atoms with Gasteiger partial charge in [0, 0.05) is 17.0 Å². The fraction of sp³-hybridized carbons (Fsp3) is 0.375. The Morgan fingerprint density at radius 3 is 2.96 bits per heavy atom. The number of ether oxygens (including phenoxy) is 1. The summed E-state index contributed by atoms with van der Waals surface area (Å²) in [5.74, 6) is -0.615. The molecule has 1 aliphatic heterocycles. The van der Waals surface area contributed by atoms with Crippen LogP contribution in [0.5, 0.6) is 0 Å². The number of nitrogens with one attached hydrogen (secondary N) is 1. The number of pyridine rings is 1. The lowest BCUT2D eigenvalue weighted by Crippen LogP contribution is -2.46. The van der Waals surface area contributed by atoms with Crippen molar-refractivity contribution in [1.82, 2.24) is 15.3 Å². The summed E-state index contributed by atoms with van der Waals surface area (Å²) in [6, 6.07) is 5.00. The minimum absolute atomic E-state index is 0.128. The average molecular weight is 331 g/mol. The van der Waals surface area contributed by atoms with Gasteiger partial charge in [0.05, 0.1) is 24.4 Å². The third-order valence-electron chi connectivity index (χ3n) is 3.69. The van der Waals surface area contributed by atoms with Gasteiger partial charge < -0.3 is 10.1 Å². The van der Waals surface area contributed by atoms with Crippen molar-refractivity contribution in [2.24, 2.45) is 5.41 Å². The highest BCUT2D eigenvalue weighted by Crippen LogP contribution is 2.28. The molecule has 1 unspecified atom stereocenters. The summed E-state index contributed by atoms with van der Waals surface area (Å²) in [5.41, 5.74) is 1.05. The molecule has 2 aromatic rings. The standard InChI is InChI=1S/C16H17N3O3S/c1-16(2)9-22-15(21)13(16)19-12(20)7-10-8-23-14(18-10)11-5-3-4-6-17-11/h3-6,8,13H,7,9H2,1-2H3,(H,19,20). The van der Waals surface area contributed by atoms with Crippen LogP contribution in [0.25, 0.3) is 10.7 Å². The minimum Gasteiger partial charge on any atom is -0.463 e. The highest BCUT2D eigenvalue weighted by molar-refractivity contribution is 7.13. The van der Waals surface area contributed by atoms with E-state index in [9.17, 15) is 9.59 Å². The summed E-state index contributed by atoms with van der Waals surface area (Å²) in [7, 11) is 0. The van der Waals surface area contributed by atoms with Gasteiger partial charge in [-0.3, -0.25) is 9.78 Å². The molecule has 0 radical (unpaired) electrons. The Hall–Kier alpha value is -2.28. The number of esters is 1. The molecule has 0 spiro atoms. The molecule has 0 aromatic carbocycles. The van der Waals surface area contributed by atoms with Crippen molar-refractivity contribution in [3.05, 3.63) is 35.5 Å². The van der Waals surface area contributed by atoms with Crippen LogP contribution in [0, 0.1) is 5.41 Å². The number of thiazole rings is 1. The maximum atomic E-state index is 12.2. The lowest BCUT2D eigenvalue weighted by atomic mass is 9.87. The molecule has 1 fully saturated rings. The van der Waals surface area contributed by atoms with E-state index in [-0.39, 0.29) is 18.3 Å². The first-order valence-electron chi connectivity index (χ1n) is 7.27. The van der Waals surface area contributed by atoms with E-state index in [0.717, 1.165) is 10.7 Å². The second-order valence-electron chi connectivity index (χ2n) is 6.13. The number of nitrogens with zero attached hydrogens (tertiary/aromatic N) is 2. The van der Waals surface area contributed by atoms with Crippen LogP contribution in [0.4, 0.5) is 0 Å². The number of hydrogen-bond donors (Lipinski definition) is 1. The molecule has 2 aromatic heterocycles. The topological polar surface area (TPSA) is 81.2 Å². The third-order valence-corrected chi connectivity index (χ3v) is 4.60. The Morgan fingerprint density at radius 2 is 2.30 bits per heavy atom. The van der Waals surface area contributed by atoms with Crippen molar-refractivity contribution in [2.45, 2.75) is 26.3 Å². The van der Waals surface area contributed by atoms with Crippen molar-refractivity contribution in [3.8, 4) is 10.7 Å². The first-order chi connectivity index (χ1) is 11.0. The van der Waals surface area contributed by atoms with E-state index in [1.165, 1.54) is 11.3 Å². The van der Waals surface area contributed by atoms with Crippen LogP contribution in [0.1, 0.15) is 19.5 Å². The maximum Gasteiger partial charge on any atom is 0.329 e. The molecule has 1 atom stereocenters. The summed E-state index contributed by atoms with van der Waals surface area (Å²) < 4.78 is 5.02. The molecule has 0 saturated carbocycles. The number of rotatable bonds is 4. The molecule has 0 bridgehead atoms. The van der Waals surface area contributed by atoms with Crippen LogP contribution in [-0.4, -0.2) is 34.5 Å². The minimum atomic E-state index is -0.608. The Morgan fingerprint density at radius 1 is 1.48 bits per heavy atom. The molecule has 1 saturated heterocycles. The van der Waals surface area contributed by atoms with Crippen molar-refractivity contribution in [3.63, 3.8) is 0 Å². The van der Waals surface area contributed by atoms with Gasteiger partial charge in [-0.05, 0) is 12.1 Å². The molecule has 1 amide bonds. The van der Waals surface area contributed by atoms with Crippen LogP contribution in [0.2, 0.25) is 0 Å². The Balaban J connectivity index is 1.65. The number of aromatic nitrogens is 2. The van der Waals surface area contributed by atoms with Crippen LogP contribution >= 0.6 is 11.3 Å². The van der Waals surface area contributed by atoms with E-state index in [1.54, 1.807) is 6.20 Å². The molecular weight excluding hydrogens is 314 g/mol. The molecule has 3 heterocycles. The number of carbonyl (C=O) groups excluding carboxylic acids is 2. The molecule has 120 valence electrons. The molecule has 0 aliphatic carbocycles. The van der Waals surface area contributed by atoms with Gasteiger partial charge in [0.25, 0.3) is 0 Å². The largest absolute Gasteiger partial charge is 0.463 e. The average Bonchev–Trinajstić information content (AvgIpc) is 3.08. The Kier molecular flexibility index (Phi) is 4.12. The second-order valence-corrected chi connectivity index (χ2v) is 6.99. The Bertz CT molecular complexity index is 727. The molecule has 1 N–H and O–H groups in total. The number of cyclic esters (lactones) is 1. The van der Waals surface area contributed by atoms with Crippen molar-refractivity contribution in [1.29, 1.82) is 0 Å². The quantitative estimate of drug-likeness (QED) is 0.864. The van der Waals surface area contributed by atoms with E-state index in [4.69, 9.17) is 4.74 Å². The molecule has 7 heteroatoms. The highest BCUT2D eigenvalue weighted by Gasteiger charge is 2.44. The zero-order chi connectivity index (χ0) is 16.4. The van der Waals surface area contributed by atoms with Gasteiger partial charge in [-0.1, -0.05) is 19.9 Å². The summed E-state index contributed by atoms with van der Waals surface area (Å²) >= 11 is 1.44. The lowest BCUT2D eigenvalue weighted by Gasteiger charge is -2.22. The number of amides is 1. The zero-order valence-electron chi connectivity index (χ0n) is 12.9. The number of hydrogen-bond acceptors (Lipinski definition) is 6. The highest BCUT2D eigenvalue weighted by atomic mass is 32.1. The molecule has 23 heavy (non-hydrogen) atoms. The van der Waals surface area contributed by atoms with Crippen LogP contribution in [0.3, 0.4) is 0 Å². The van der Waals surface area contributed by atoms with Gasteiger partial charge in [0.15, 0.2) is 0 Å². The van der Waals surface area contributed by atoms with Crippen LogP contribution in [0.15, 0.2) is 29.8 Å². The maximum absolute atomic E-state index is 12.2. The predicted octanol–water partition coefficient (Wildman–Crippen LogP) is 1.82. The monoisotopic (exact) mass is 331 g/mol. The van der Waals surface area contributed by atoms with Gasteiger partial charge >= 0.3 is 5.97 Å². The van der Waals surface area contributed by atoms with Crippen LogP contribution in [-0.2, 0) is 20.7 Å². The summed E-state index contributed by atoms with van der Waals surface area (Å²) in [4.78, 5) is 32.6. The van der Waals surface area contributed by atoms with E-state index in [0.29, 0.717) is 12.3 Å². The lowest BCUT2D eigenvalue weighted by molar-refractivity contribution is -0.141. The van der Waals surface area contributed by atoms with Gasteiger partial charge in [0.1, 0.15) is 11.0 Å². The predicted molar refractivity (Wildman–Crippen MR) is 85.7 cm³/mol. The Labute approximate surface area is 137 Å². The first kappa shape index (κ1) is 15.6. The third kappa shape index (κ3) is 3.39. The van der Waals surface area contributed by atoms with E-state index >= 15 is 0 Å². The van der Waals surface area contributed by atoms with E-state index in [1.807, 2.05) is 37.4 Å². The van der Waals surface area contributed by atoms with E-state index < -0.39 is 11.5 Å². The first-order valence-corrected chi connectivity index (χ1v) is 8.15. The normalized spacial score (nSPS) is 19.4. The van der Waals surface area contributed by atoms with Gasteiger partial charge in [-0.15, -0.1) is 11.3 Å². The summed E-state index contributed by atoms with van der Waals surface area (Å²) in [6.45, 7) is 4.10. The van der Waals surface area contributed by atoms with Gasteiger partial charge in [0.2, 0.25) is 5.91 Å². The van der Waals surface area contributed by atoms with Gasteiger partial charge in [-0.25, -0.2) is 9.78 Å². The molecule has 6 nitrogen and oxygen atoms in total.